The van der Waals surface area contributed by atoms with Gasteiger partial charge in [-0.05, 0) is 47.5 Å². The Hall–Kier alpha value is -4.52. The molecule has 1 aliphatic rings. The van der Waals surface area contributed by atoms with Crippen LogP contribution in [0.5, 0.6) is 17.2 Å². The minimum absolute atomic E-state index is 0.0662. The summed E-state index contributed by atoms with van der Waals surface area (Å²) >= 11 is 0. The van der Waals surface area contributed by atoms with Crippen LogP contribution in [0.4, 0.5) is 0 Å². The Morgan fingerprint density at radius 3 is 2.59 bits per heavy atom. The second kappa shape index (κ2) is 8.78. The monoisotopic (exact) mass is 455 g/mol. The maximum absolute atomic E-state index is 12.3. The second-order valence-electron chi connectivity index (χ2n) is 7.86. The number of hydrogen-bond donors (Lipinski definition) is 1. The molecule has 0 spiro atoms. The van der Waals surface area contributed by atoms with E-state index in [1.807, 2.05) is 36.4 Å². The first-order valence-electron chi connectivity index (χ1n) is 10.7. The van der Waals surface area contributed by atoms with Crippen molar-refractivity contribution >= 4 is 34.4 Å². The number of carboxylic acids is 1. The molecular weight excluding hydrogens is 434 g/mol. The van der Waals surface area contributed by atoms with Gasteiger partial charge in [0.25, 0.3) is 0 Å². The number of ether oxygens (including phenoxy) is 3. The maximum Gasteiger partial charge on any atom is 0.336 e. The Morgan fingerprint density at radius 2 is 1.82 bits per heavy atom. The summed E-state index contributed by atoms with van der Waals surface area (Å²) in [5, 5.41) is 10.7. The number of aliphatic carboxylic acids is 1. The molecule has 34 heavy (non-hydrogen) atoms. The van der Waals surface area contributed by atoms with Crippen LogP contribution in [-0.4, -0.2) is 28.3 Å². The van der Waals surface area contributed by atoms with Crippen LogP contribution in [0.2, 0.25) is 0 Å². The van der Waals surface area contributed by atoms with Gasteiger partial charge in [-0.3, -0.25) is 9.36 Å². The van der Waals surface area contributed by atoms with E-state index in [0.717, 1.165) is 5.56 Å². The first kappa shape index (κ1) is 21.3. The third kappa shape index (κ3) is 4.11. The lowest BCUT2D eigenvalue weighted by Gasteiger charge is -2.08. The minimum Gasteiger partial charge on any atom is -0.489 e. The summed E-state index contributed by atoms with van der Waals surface area (Å²) in [5.74, 6) is 0.406. The van der Waals surface area contributed by atoms with Gasteiger partial charge in [0.05, 0.1) is 11.1 Å². The SMILES string of the molecule is CC(=O)n1cc(/C=C(/C(=O)O)c2ccc3c(c2)OCO3)c2cc(OCc3ccccc3)ccc21. The van der Waals surface area contributed by atoms with E-state index in [2.05, 4.69) is 0 Å². The van der Waals surface area contributed by atoms with Crippen molar-refractivity contribution in [1.29, 1.82) is 0 Å². The van der Waals surface area contributed by atoms with Gasteiger partial charge in [-0.25, -0.2) is 4.79 Å². The first-order valence-corrected chi connectivity index (χ1v) is 10.7. The van der Waals surface area contributed by atoms with E-state index < -0.39 is 5.97 Å². The van der Waals surface area contributed by atoms with Crippen molar-refractivity contribution in [3.05, 3.63) is 89.6 Å². The Kier molecular flexibility index (Phi) is 5.51. The Labute approximate surface area is 195 Å². The van der Waals surface area contributed by atoms with Crippen LogP contribution in [0.15, 0.2) is 72.9 Å². The van der Waals surface area contributed by atoms with Gasteiger partial charge in [0, 0.05) is 24.1 Å². The molecule has 0 saturated carbocycles. The highest BCUT2D eigenvalue weighted by atomic mass is 16.7. The predicted octanol–water partition coefficient (Wildman–Crippen LogP) is 5.23. The van der Waals surface area contributed by atoms with Gasteiger partial charge in [0.1, 0.15) is 12.4 Å². The molecular formula is C27H21NO6. The van der Waals surface area contributed by atoms with Crippen LogP contribution in [-0.2, 0) is 11.4 Å². The van der Waals surface area contributed by atoms with Crippen LogP contribution in [0.3, 0.4) is 0 Å². The highest BCUT2D eigenvalue weighted by molar-refractivity contribution is 6.22. The van der Waals surface area contributed by atoms with Crippen molar-refractivity contribution in [1.82, 2.24) is 4.57 Å². The molecule has 0 fully saturated rings. The maximum atomic E-state index is 12.3. The number of rotatable bonds is 6. The summed E-state index contributed by atoms with van der Waals surface area (Å²) in [4.78, 5) is 24.4. The fourth-order valence-electron chi connectivity index (χ4n) is 3.93. The van der Waals surface area contributed by atoms with Gasteiger partial charge in [0.2, 0.25) is 12.7 Å². The summed E-state index contributed by atoms with van der Waals surface area (Å²) in [6.07, 6.45) is 3.20. The van der Waals surface area contributed by atoms with Crippen LogP contribution in [0.1, 0.15) is 28.4 Å². The van der Waals surface area contributed by atoms with Gasteiger partial charge < -0.3 is 19.3 Å². The minimum atomic E-state index is -1.10. The van der Waals surface area contributed by atoms with Gasteiger partial charge in [-0.1, -0.05) is 36.4 Å². The van der Waals surface area contributed by atoms with Crippen molar-refractivity contribution in [2.45, 2.75) is 13.5 Å². The largest absolute Gasteiger partial charge is 0.489 e. The first-order chi connectivity index (χ1) is 16.5. The zero-order chi connectivity index (χ0) is 23.7. The molecule has 1 aliphatic heterocycles. The van der Waals surface area contributed by atoms with E-state index in [0.29, 0.717) is 45.9 Å². The molecule has 0 amide bonds. The number of carbonyl (C=O) groups is 2. The van der Waals surface area contributed by atoms with Crippen LogP contribution in [0.25, 0.3) is 22.6 Å². The molecule has 5 rings (SSSR count). The lowest BCUT2D eigenvalue weighted by Crippen LogP contribution is -2.03. The van der Waals surface area contributed by atoms with E-state index in [-0.39, 0.29) is 18.3 Å². The summed E-state index contributed by atoms with van der Waals surface area (Å²) in [6, 6.07) is 20.2. The average molecular weight is 455 g/mol. The Balaban J connectivity index is 1.57. The van der Waals surface area contributed by atoms with E-state index in [4.69, 9.17) is 14.2 Å². The van der Waals surface area contributed by atoms with Gasteiger partial charge in [-0.2, -0.15) is 0 Å². The molecule has 170 valence electrons. The van der Waals surface area contributed by atoms with E-state index in [1.165, 1.54) is 11.5 Å². The number of carboxylic acid groups (broad SMARTS) is 1. The summed E-state index contributed by atoms with van der Waals surface area (Å²) in [7, 11) is 0. The number of nitrogens with zero attached hydrogens (tertiary/aromatic N) is 1. The normalized spacial score (nSPS) is 12.7. The van der Waals surface area contributed by atoms with Gasteiger partial charge in [-0.15, -0.1) is 0 Å². The topological polar surface area (TPSA) is 87.0 Å². The lowest BCUT2D eigenvalue weighted by molar-refractivity contribution is -0.130. The average Bonchev–Trinajstić information content (AvgIpc) is 3.45. The molecule has 1 aromatic heterocycles. The van der Waals surface area contributed by atoms with Crippen molar-refractivity contribution < 1.29 is 28.9 Å². The number of benzene rings is 3. The molecule has 3 aromatic carbocycles. The zero-order valence-corrected chi connectivity index (χ0v) is 18.4. The number of hydrogen-bond acceptors (Lipinski definition) is 5. The van der Waals surface area contributed by atoms with Crippen molar-refractivity contribution in [3.63, 3.8) is 0 Å². The van der Waals surface area contributed by atoms with Crippen molar-refractivity contribution in [3.8, 4) is 17.2 Å². The van der Waals surface area contributed by atoms with Crippen LogP contribution in [0, 0.1) is 0 Å². The predicted molar refractivity (Wildman–Crippen MR) is 127 cm³/mol. The van der Waals surface area contributed by atoms with Gasteiger partial charge >= 0.3 is 5.97 Å². The number of carbonyl (C=O) groups excluding carboxylic acids is 1. The van der Waals surface area contributed by atoms with Crippen molar-refractivity contribution in [2.24, 2.45) is 0 Å². The number of aromatic nitrogens is 1. The van der Waals surface area contributed by atoms with E-state index in [1.54, 1.807) is 42.6 Å². The molecule has 7 nitrogen and oxygen atoms in total. The smallest absolute Gasteiger partial charge is 0.336 e. The Bertz CT molecular complexity index is 1430. The lowest BCUT2D eigenvalue weighted by atomic mass is 10.0. The molecule has 0 unspecified atom stereocenters. The molecule has 1 N–H and O–H groups in total. The highest BCUT2D eigenvalue weighted by Crippen LogP contribution is 2.36. The molecule has 0 atom stereocenters. The van der Waals surface area contributed by atoms with Crippen LogP contribution >= 0.6 is 0 Å². The molecule has 0 aliphatic carbocycles. The van der Waals surface area contributed by atoms with Crippen LogP contribution < -0.4 is 14.2 Å². The molecule has 0 saturated heterocycles. The van der Waals surface area contributed by atoms with Crippen molar-refractivity contribution in [2.75, 3.05) is 6.79 Å². The quantitative estimate of drug-likeness (QED) is 0.401. The Morgan fingerprint density at radius 1 is 1.03 bits per heavy atom. The van der Waals surface area contributed by atoms with E-state index >= 15 is 0 Å². The fourth-order valence-corrected chi connectivity index (χ4v) is 3.93. The summed E-state index contributed by atoms with van der Waals surface area (Å²) in [5.41, 5.74) is 2.82. The molecule has 7 heteroatoms. The molecule has 0 radical (unpaired) electrons. The summed E-state index contributed by atoms with van der Waals surface area (Å²) < 4.78 is 18.2. The molecule has 2 heterocycles. The zero-order valence-electron chi connectivity index (χ0n) is 18.4. The summed E-state index contributed by atoms with van der Waals surface area (Å²) in [6.45, 7) is 1.95. The second-order valence-corrected chi connectivity index (χ2v) is 7.86. The molecule has 4 aromatic rings. The van der Waals surface area contributed by atoms with Gasteiger partial charge in [0.15, 0.2) is 11.5 Å². The standard InChI is InChI=1S/C27H21NO6/c1-17(29)28-14-20(11-23(27(30)31)19-7-10-25-26(12-19)34-16-33-25)22-13-21(8-9-24(22)28)32-15-18-5-3-2-4-6-18/h2-14H,15-16H2,1H3,(H,30,31)/b23-11+. The highest BCUT2D eigenvalue weighted by Gasteiger charge is 2.19. The third-order valence-corrected chi connectivity index (χ3v) is 5.61. The van der Waals surface area contributed by atoms with E-state index in [9.17, 15) is 14.7 Å². The third-order valence-electron chi connectivity index (χ3n) is 5.61. The fraction of sp³-hybridized carbons (Fsp3) is 0.111. The number of fused-ring (bicyclic) bond motifs is 2. The molecule has 0 bridgehead atoms.